The Morgan fingerprint density at radius 2 is 0.450 bits per heavy atom. The molecule has 0 saturated heterocycles. The van der Waals surface area contributed by atoms with Gasteiger partial charge < -0.3 is 14.2 Å². The number of hydrogen-bond acceptors (Lipinski definition) is 6. The van der Waals surface area contributed by atoms with Crippen molar-refractivity contribution in [3.8, 4) is 0 Å². The lowest BCUT2D eigenvalue weighted by Crippen LogP contribution is -2.30. The standard InChI is InChI=1S/C74H132O6/c1-4-7-10-13-16-19-22-25-28-31-34-35-36-37-38-39-41-43-46-49-52-55-58-61-64-67-73(76)79-70-71(69-78-72(75)66-63-60-57-54-51-48-45-42-33-30-27-24-21-18-15-12-9-6-3)80-74(77)68-65-62-59-56-53-50-47-44-40-32-29-26-23-20-17-14-11-8-5-2/h17,20-22,24-26,29-31,33-34,71H,4-16,18-19,23,27-28,32,35-70H2,1-3H3/b20-17-,24-21-,25-22-,29-26-,33-30-,34-31-. The topological polar surface area (TPSA) is 78.9 Å². The highest BCUT2D eigenvalue weighted by Crippen LogP contribution is 2.17. The zero-order chi connectivity index (χ0) is 57.8. The van der Waals surface area contributed by atoms with Crippen molar-refractivity contribution in [2.75, 3.05) is 13.2 Å². The molecular formula is C74H132O6. The summed E-state index contributed by atoms with van der Waals surface area (Å²) in [6.07, 6.45) is 89.1. The van der Waals surface area contributed by atoms with Crippen molar-refractivity contribution >= 4 is 17.9 Å². The Morgan fingerprint density at radius 3 is 0.725 bits per heavy atom. The van der Waals surface area contributed by atoms with Gasteiger partial charge in [0.05, 0.1) is 0 Å². The molecule has 0 aliphatic carbocycles. The van der Waals surface area contributed by atoms with Crippen molar-refractivity contribution < 1.29 is 28.6 Å². The average Bonchev–Trinajstić information content (AvgIpc) is 3.46. The van der Waals surface area contributed by atoms with Crippen molar-refractivity contribution in [3.63, 3.8) is 0 Å². The summed E-state index contributed by atoms with van der Waals surface area (Å²) < 4.78 is 17.0. The van der Waals surface area contributed by atoms with Gasteiger partial charge in [-0.05, 0) is 116 Å². The number of carbonyl (C=O) groups excluding carboxylic acids is 3. The number of rotatable bonds is 64. The zero-order valence-corrected chi connectivity index (χ0v) is 53.3. The Morgan fingerprint density at radius 1 is 0.250 bits per heavy atom. The van der Waals surface area contributed by atoms with Gasteiger partial charge >= 0.3 is 17.9 Å². The molecule has 0 radical (unpaired) electrons. The van der Waals surface area contributed by atoms with Crippen LogP contribution in [0.25, 0.3) is 0 Å². The molecule has 0 aliphatic rings. The van der Waals surface area contributed by atoms with Crippen LogP contribution in [0.5, 0.6) is 0 Å². The summed E-state index contributed by atoms with van der Waals surface area (Å²) in [4.78, 5) is 38.5. The molecule has 0 rings (SSSR count). The van der Waals surface area contributed by atoms with Crippen molar-refractivity contribution in [2.24, 2.45) is 0 Å². The summed E-state index contributed by atoms with van der Waals surface area (Å²) in [6, 6.07) is 0. The van der Waals surface area contributed by atoms with Gasteiger partial charge in [-0.15, -0.1) is 0 Å². The third-order valence-corrected chi connectivity index (χ3v) is 15.4. The summed E-state index contributed by atoms with van der Waals surface area (Å²) in [7, 11) is 0. The Bertz CT molecular complexity index is 1470. The molecule has 6 nitrogen and oxygen atoms in total. The lowest BCUT2D eigenvalue weighted by molar-refractivity contribution is -0.167. The van der Waals surface area contributed by atoms with E-state index in [0.717, 1.165) is 83.5 Å². The monoisotopic (exact) mass is 1120 g/mol. The van der Waals surface area contributed by atoms with E-state index in [4.69, 9.17) is 14.2 Å². The SMILES string of the molecule is CCCCC/C=C\C/C=C\CCCCCCCCCCCC(=O)OC(COC(=O)CCCCCCCCC/C=C\C/C=C\CCCCCC)COC(=O)CCCCCCCCCCCCCCC/C=C\C/C=C\CCCCCCC. The smallest absolute Gasteiger partial charge is 0.306 e. The number of esters is 3. The van der Waals surface area contributed by atoms with Gasteiger partial charge in [0, 0.05) is 19.3 Å². The van der Waals surface area contributed by atoms with Gasteiger partial charge in [-0.2, -0.15) is 0 Å². The molecule has 0 aromatic heterocycles. The van der Waals surface area contributed by atoms with Gasteiger partial charge in [0.25, 0.3) is 0 Å². The predicted octanol–water partition coefficient (Wildman–Crippen LogP) is 24.1. The minimum atomic E-state index is -0.783. The Labute approximate surface area is 497 Å². The van der Waals surface area contributed by atoms with Crippen LogP contribution >= 0.6 is 0 Å². The predicted molar refractivity (Wildman–Crippen MR) is 348 cm³/mol. The summed E-state index contributed by atoms with van der Waals surface area (Å²) in [6.45, 7) is 6.63. The van der Waals surface area contributed by atoms with Crippen molar-refractivity contribution in [1.29, 1.82) is 0 Å². The second-order valence-corrected chi connectivity index (χ2v) is 23.4. The highest BCUT2D eigenvalue weighted by atomic mass is 16.6. The first-order valence-electron chi connectivity index (χ1n) is 34.9. The van der Waals surface area contributed by atoms with E-state index in [1.807, 2.05) is 0 Å². The van der Waals surface area contributed by atoms with Crippen molar-refractivity contribution in [3.05, 3.63) is 72.9 Å². The maximum atomic E-state index is 13.0. The third kappa shape index (κ3) is 65.7. The first-order chi connectivity index (χ1) is 39.5. The molecule has 0 aromatic carbocycles. The average molecular weight is 1120 g/mol. The molecule has 0 aliphatic heterocycles. The Kier molecular flexibility index (Phi) is 65.7. The summed E-state index contributed by atoms with van der Waals surface area (Å²) in [5.41, 5.74) is 0. The van der Waals surface area contributed by atoms with Crippen molar-refractivity contribution in [2.45, 2.75) is 367 Å². The fourth-order valence-corrected chi connectivity index (χ4v) is 10.1. The first kappa shape index (κ1) is 76.9. The van der Waals surface area contributed by atoms with Gasteiger partial charge in [-0.1, -0.05) is 299 Å². The number of allylic oxidation sites excluding steroid dienone is 12. The van der Waals surface area contributed by atoms with Crippen LogP contribution in [0.1, 0.15) is 361 Å². The minimum absolute atomic E-state index is 0.0779. The molecule has 6 heteroatoms. The maximum absolute atomic E-state index is 13.0. The van der Waals surface area contributed by atoms with Crippen LogP contribution in [0, 0.1) is 0 Å². The zero-order valence-electron chi connectivity index (χ0n) is 53.3. The minimum Gasteiger partial charge on any atom is -0.462 e. The molecule has 0 amide bonds. The first-order valence-corrected chi connectivity index (χ1v) is 34.9. The van der Waals surface area contributed by atoms with Crippen LogP contribution < -0.4 is 0 Å². The summed E-state index contributed by atoms with van der Waals surface area (Å²) in [5, 5.41) is 0. The highest BCUT2D eigenvalue weighted by molar-refractivity contribution is 5.71. The molecule has 0 spiro atoms. The number of unbranched alkanes of at least 4 members (excludes halogenated alkanes) is 41. The number of ether oxygens (including phenoxy) is 3. The van der Waals surface area contributed by atoms with Crippen LogP contribution in [-0.2, 0) is 28.6 Å². The summed E-state index contributed by atoms with van der Waals surface area (Å²) >= 11 is 0. The molecule has 0 fully saturated rings. The number of carbonyl (C=O) groups is 3. The molecule has 1 atom stereocenters. The molecule has 0 bridgehead atoms. The van der Waals surface area contributed by atoms with E-state index >= 15 is 0 Å². The van der Waals surface area contributed by atoms with Crippen LogP contribution in [0.2, 0.25) is 0 Å². The lowest BCUT2D eigenvalue weighted by Gasteiger charge is -2.18. The second-order valence-electron chi connectivity index (χ2n) is 23.4. The maximum Gasteiger partial charge on any atom is 0.306 e. The Balaban J connectivity index is 4.34. The van der Waals surface area contributed by atoms with E-state index in [0.29, 0.717) is 19.3 Å². The molecule has 80 heavy (non-hydrogen) atoms. The van der Waals surface area contributed by atoms with E-state index in [2.05, 4.69) is 93.7 Å². The normalized spacial score (nSPS) is 12.5. The number of hydrogen-bond donors (Lipinski definition) is 0. The Hall–Kier alpha value is -3.15. The van der Waals surface area contributed by atoms with Gasteiger partial charge in [0.1, 0.15) is 13.2 Å². The van der Waals surface area contributed by atoms with E-state index in [-0.39, 0.29) is 31.1 Å². The van der Waals surface area contributed by atoms with Crippen LogP contribution in [0.3, 0.4) is 0 Å². The van der Waals surface area contributed by atoms with Crippen LogP contribution in [0.15, 0.2) is 72.9 Å². The molecule has 1 unspecified atom stereocenters. The molecular weight excluding hydrogens is 985 g/mol. The fourth-order valence-electron chi connectivity index (χ4n) is 10.1. The van der Waals surface area contributed by atoms with Gasteiger partial charge in [-0.25, -0.2) is 0 Å². The van der Waals surface area contributed by atoms with Crippen LogP contribution in [-0.4, -0.2) is 37.2 Å². The van der Waals surface area contributed by atoms with E-state index in [1.165, 1.54) is 238 Å². The fraction of sp³-hybridized carbons (Fsp3) is 0.797. The largest absolute Gasteiger partial charge is 0.462 e. The molecule has 0 heterocycles. The van der Waals surface area contributed by atoms with Gasteiger partial charge in [0.15, 0.2) is 6.10 Å². The van der Waals surface area contributed by atoms with Crippen molar-refractivity contribution in [1.82, 2.24) is 0 Å². The lowest BCUT2D eigenvalue weighted by atomic mass is 10.0. The molecule has 464 valence electrons. The molecule has 0 saturated carbocycles. The van der Waals surface area contributed by atoms with Crippen LogP contribution in [0.4, 0.5) is 0 Å². The van der Waals surface area contributed by atoms with E-state index < -0.39 is 6.10 Å². The van der Waals surface area contributed by atoms with E-state index in [9.17, 15) is 14.4 Å². The quantitative estimate of drug-likeness (QED) is 0.0261. The molecule has 0 N–H and O–H groups in total. The summed E-state index contributed by atoms with van der Waals surface area (Å²) in [5.74, 6) is -0.871. The van der Waals surface area contributed by atoms with Gasteiger partial charge in [-0.3, -0.25) is 14.4 Å². The van der Waals surface area contributed by atoms with Gasteiger partial charge in [0.2, 0.25) is 0 Å². The highest BCUT2D eigenvalue weighted by Gasteiger charge is 2.19. The third-order valence-electron chi connectivity index (χ3n) is 15.4. The molecule has 0 aromatic rings. The van der Waals surface area contributed by atoms with E-state index in [1.54, 1.807) is 0 Å². The second kappa shape index (κ2) is 68.3.